The third-order valence-corrected chi connectivity index (χ3v) is 5.92. The van der Waals surface area contributed by atoms with Crippen LogP contribution in [0.3, 0.4) is 0 Å². The lowest BCUT2D eigenvalue weighted by Gasteiger charge is -2.37. The summed E-state index contributed by atoms with van der Waals surface area (Å²) in [4.78, 5) is 29.7. The molecular formula is C22H27N3O2. The molecule has 1 atom stereocenters. The van der Waals surface area contributed by atoms with E-state index >= 15 is 0 Å². The van der Waals surface area contributed by atoms with Gasteiger partial charge in [-0.3, -0.25) is 9.59 Å². The number of fused-ring (bicyclic) bond motifs is 1. The number of carbonyl (C=O) groups is 2. The Morgan fingerprint density at radius 2 is 1.63 bits per heavy atom. The van der Waals surface area contributed by atoms with Crippen LogP contribution in [0.25, 0.3) is 10.8 Å². The third-order valence-electron chi connectivity index (χ3n) is 5.92. The average molecular weight is 365 g/mol. The molecule has 4 rings (SSSR count). The predicted molar refractivity (Wildman–Crippen MR) is 106 cm³/mol. The second-order valence-corrected chi connectivity index (χ2v) is 7.78. The van der Waals surface area contributed by atoms with Crippen LogP contribution in [-0.2, 0) is 4.79 Å². The lowest BCUT2D eigenvalue weighted by Crippen LogP contribution is -2.50. The Kier molecular flexibility index (Phi) is 5.12. The fraction of sp³-hybridized carbons (Fsp3) is 0.455. The van der Waals surface area contributed by atoms with Crippen molar-refractivity contribution in [1.29, 1.82) is 0 Å². The summed E-state index contributed by atoms with van der Waals surface area (Å²) in [5, 5.41) is 2.07. The van der Waals surface area contributed by atoms with E-state index in [-0.39, 0.29) is 23.8 Å². The maximum atomic E-state index is 13.0. The van der Waals surface area contributed by atoms with E-state index in [0.717, 1.165) is 48.6 Å². The molecule has 0 radical (unpaired) electrons. The van der Waals surface area contributed by atoms with Crippen LogP contribution >= 0.6 is 0 Å². The largest absolute Gasteiger partial charge is 0.341 e. The number of piperidine rings is 2. The van der Waals surface area contributed by atoms with E-state index in [2.05, 4.69) is 0 Å². The van der Waals surface area contributed by atoms with Gasteiger partial charge in [0.15, 0.2) is 0 Å². The maximum Gasteiger partial charge on any atom is 0.254 e. The summed E-state index contributed by atoms with van der Waals surface area (Å²) in [5.74, 6) is 0.312. The summed E-state index contributed by atoms with van der Waals surface area (Å²) in [7, 11) is 0. The molecule has 2 fully saturated rings. The number of nitrogens with zero attached hydrogens (tertiary/aromatic N) is 2. The highest BCUT2D eigenvalue weighted by atomic mass is 16.2. The number of benzene rings is 2. The molecule has 0 saturated carbocycles. The van der Waals surface area contributed by atoms with Gasteiger partial charge in [-0.1, -0.05) is 36.4 Å². The number of amides is 2. The van der Waals surface area contributed by atoms with Gasteiger partial charge in [-0.05, 0) is 42.5 Å². The van der Waals surface area contributed by atoms with E-state index in [4.69, 9.17) is 5.73 Å². The van der Waals surface area contributed by atoms with Crippen LogP contribution in [0, 0.1) is 5.92 Å². The van der Waals surface area contributed by atoms with Gasteiger partial charge in [-0.15, -0.1) is 0 Å². The summed E-state index contributed by atoms with van der Waals surface area (Å²) in [6.07, 6.45) is 3.47. The number of carbonyl (C=O) groups excluding carboxylic acids is 2. The Morgan fingerprint density at radius 1 is 0.889 bits per heavy atom. The highest BCUT2D eigenvalue weighted by molar-refractivity contribution is 6.07. The van der Waals surface area contributed by atoms with E-state index in [1.165, 1.54) is 0 Å². The quantitative estimate of drug-likeness (QED) is 0.890. The molecule has 27 heavy (non-hydrogen) atoms. The fourth-order valence-electron chi connectivity index (χ4n) is 4.38. The van der Waals surface area contributed by atoms with Gasteiger partial charge in [0.25, 0.3) is 5.91 Å². The summed E-state index contributed by atoms with van der Waals surface area (Å²) in [6.45, 7) is 2.77. The van der Waals surface area contributed by atoms with Gasteiger partial charge in [0.2, 0.25) is 5.91 Å². The van der Waals surface area contributed by atoms with E-state index in [1.807, 2.05) is 52.3 Å². The lowest BCUT2D eigenvalue weighted by atomic mass is 9.93. The molecule has 2 aliphatic rings. The first kappa shape index (κ1) is 18.0. The van der Waals surface area contributed by atoms with Crippen molar-refractivity contribution in [3.63, 3.8) is 0 Å². The minimum Gasteiger partial charge on any atom is -0.341 e. The van der Waals surface area contributed by atoms with Gasteiger partial charge in [0, 0.05) is 43.7 Å². The van der Waals surface area contributed by atoms with Crippen LogP contribution in [0.1, 0.15) is 36.0 Å². The second-order valence-electron chi connectivity index (χ2n) is 7.78. The first-order chi connectivity index (χ1) is 13.1. The molecule has 2 N–H and O–H groups in total. The van der Waals surface area contributed by atoms with Crippen LogP contribution in [0.5, 0.6) is 0 Å². The summed E-state index contributed by atoms with van der Waals surface area (Å²) < 4.78 is 0. The molecule has 2 aromatic rings. The Hall–Kier alpha value is -2.40. The van der Waals surface area contributed by atoms with Crippen molar-refractivity contribution in [2.75, 3.05) is 26.2 Å². The third kappa shape index (κ3) is 3.69. The van der Waals surface area contributed by atoms with Gasteiger partial charge in [-0.2, -0.15) is 0 Å². The molecule has 0 spiro atoms. The summed E-state index contributed by atoms with van der Waals surface area (Å²) in [5.41, 5.74) is 6.77. The molecule has 0 bridgehead atoms. The Bertz CT molecular complexity index is 837. The zero-order chi connectivity index (χ0) is 18.8. The lowest BCUT2D eigenvalue weighted by molar-refractivity contribution is -0.138. The van der Waals surface area contributed by atoms with Crippen molar-refractivity contribution >= 4 is 22.6 Å². The van der Waals surface area contributed by atoms with Gasteiger partial charge in [0.05, 0.1) is 0 Å². The first-order valence-corrected chi connectivity index (χ1v) is 9.95. The van der Waals surface area contributed by atoms with Crippen molar-refractivity contribution < 1.29 is 9.59 Å². The standard InChI is InChI=1S/C22H27N3O2/c23-18-7-4-12-25(15-18)21(26)17-10-13-24(14-11-17)22(27)20-9-3-6-16-5-1-2-8-19(16)20/h1-3,5-6,8-9,17-18H,4,7,10-15,23H2. The molecule has 1 unspecified atom stereocenters. The Morgan fingerprint density at radius 3 is 2.41 bits per heavy atom. The van der Waals surface area contributed by atoms with Crippen molar-refractivity contribution in [2.24, 2.45) is 11.7 Å². The molecule has 2 saturated heterocycles. The summed E-state index contributed by atoms with van der Waals surface area (Å²) in [6, 6.07) is 13.9. The van der Waals surface area contributed by atoms with Gasteiger partial charge < -0.3 is 15.5 Å². The van der Waals surface area contributed by atoms with Gasteiger partial charge >= 0.3 is 0 Å². The zero-order valence-electron chi connectivity index (χ0n) is 15.6. The second kappa shape index (κ2) is 7.69. The molecule has 5 nitrogen and oxygen atoms in total. The van der Waals surface area contributed by atoms with Crippen LogP contribution in [0.15, 0.2) is 42.5 Å². The summed E-state index contributed by atoms with van der Waals surface area (Å²) >= 11 is 0. The first-order valence-electron chi connectivity index (χ1n) is 9.95. The molecule has 5 heteroatoms. The maximum absolute atomic E-state index is 13.0. The molecule has 2 aromatic carbocycles. The van der Waals surface area contributed by atoms with Crippen LogP contribution < -0.4 is 5.73 Å². The van der Waals surface area contributed by atoms with Crippen LogP contribution in [0.2, 0.25) is 0 Å². The number of hydrogen-bond donors (Lipinski definition) is 1. The Balaban J connectivity index is 1.41. The van der Waals surface area contributed by atoms with Gasteiger partial charge in [-0.25, -0.2) is 0 Å². The SMILES string of the molecule is NC1CCCN(C(=O)C2CCN(C(=O)c3cccc4ccccc34)CC2)C1. The zero-order valence-corrected chi connectivity index (χ0v) is 15.6. The Labute approximate surface area is 160 Å². The number of likely N-dealkylation sites (tertiary alicyclic amines) is 2. The fourth-order valence-corrected chi connectivity index (χ4v) is 4.38. The predicted octanol–water partition coefficient (Wildman–Crippen LogP) is 2.64. The van der Waals surface area contributed by atoms with Crippen molar-refractivity contribution in [3.8, 4) is 0 Å². The van der Waals surface area contributed by atoms with E-state index in [1.54, 1.807) is 0 Å². The monoisotopic (exact) mass is 365 g/mol. The van der Waals surface area contributed by atoms with E-state index < -0.39 is 0 Å². The number of nitrogens with two attached hydrogens (primary N) is 1. The topological polar surface area (TPSA) is 66.6 Å². The minimum absolute atomic E-state index is 0.0202. The highest BCUT2D eigenvalue weighted by Gasteiger charge is 2.32. The van der Waals surface area contributed by atoms with Crippen molar-refractivity contribution in [3.05, 3.63) is 48.0 Å². The molecule has 2 heterocycles. The number of rotatable bonds is 2. The van der Waals surface area contributed by atoms with E-state index in [0.29, 0.717) is 19.6 Å². The molecular weight excluding hydrogens is 338 g/mol. The average Bonchev–Trinajstić information content (AvgIpc) is 2.72. The molecule has 2 amide bonds. The molecule has 0 aromatic heterocycles. The van der Waals surface area contributed by atoms with Crippen molar-refractivity contribution in [1.82, 2.24) is 9.80 Å². The number of hydrogen-bond acceptors (Lipinski definition) is 3. The molecule has 0 aliphatic carbocycles. The van der Waals surface area contributed by atoms with Crippen molar-refractivity contribution in [2.45, 2.75) is 31.7 Å². The smallest absolute Gasteiger partial charge is 0.254 e. The molecule has 142 valence electrons. The minimum atomic E-state index is 0.0202. The van der Waals surface area contributed by atoms with Crippen LogP contribution in [0.4, 0.5) is 0 Å². The highest BCUT2D eigenvalue weighted by Crippen LogP contribution is 2.25. The normalized spacial score (nSPS) is 21.4. The van der Waals surface area contributed by atoms with Crippen LogP contribution in [-0.4, -0.2) is 53.8 Å². The van der Waals surface area contributed by atoms with E-state index in [9.17, 15) is 9.59 Å². The van der Waals surface area contributed by atoms with Gasteiger partial charge in [0.1, 0.15) is 0 Å². The molecule has 2 aliphatic heterocycles.